The molecule has 0 fully saturated rings. The molecule has 6 heteroatoms. The van der Waals surface area contributed by atoms with Crippen molar-refractivity contribution in [3.63, 3.8) is 0 Å². The van der Waals surface area contributed by atoms with E-state index >= 15 is 0 Å². The molecule has 0 unspecified atom stereocenters. The average molecular weight is 282 g/mol. The maximum atomic E-state index is 12.0. The van der Waals surface area contributed by atoms with Crippen LogP contribution in [0.5, 0.6) is 0 Å². The van der Waals surface area contributed by atoms with Gasteiger partial charge in [0, 0.05) is 13.2 Å². The van der Waals surface area contributed by atoms with Gasteiger partial charge < -0.3 is 4.74 Å². The van der Waals surface area contributed by atoms with E-state index in [1.165, 1.54) is 18.4 Å². The van der Waals surface area contributed by atoms with Gasteiger partial charge in [0.15, 0.2) is 0 Å². The molecular formula is C11H21ClNO3P. The van der Waals surface area contributed by atoms with Crippen molar-refractivity contribution in [2.75, 3.05) is 20.3 Å². The van der Waals surface area contributed by atoms with Crippen molar-refractivity contribution in [2.24, 2.45) is 5.92 Å². The molecule has 0 N–H and O–H groups in total. The van der Waals surface area contributed by atoms with Crippen molar-refractivity contribution in [3.05, 3.63) is 12.7 Å². The number of rotatable bonds is 7. The lowest BCUT2D eigenvalue weighted by molar-refractivity contribution is -0.145. The van der Waals surface area contributed by atoms with Gasteiger partial charge in [-0.25, -0.2) is 4.67 Å². The number of methoxy groups -OCH3 is 1. The first-order valence-corrected chi connectivity index (χ1v) is 8.48. The van der Waals surface area contributed by atoms with E-state index < -0.39 is 18.7 Å². The molecule has 17 heavy (non-hydrogen) atoms. The summed E-state index contributed by atoms with van der Waals surface area (Å²) in [6.07, 6.45) is 2.12. The Labute approximate surface area is 108 Å². The van der Waals surface area contributed by atoms with Crippen molar-refractivity contribution >= 4 is 23.9 Å². The van der Waals surface area contributed by atoms with Gasteiger partial charge in [-0.1, -0.05) is 19.9 Å². The zero-order valence-electron chi connectivity index (χ0n) is 10.9. The standard InChI is InChI=1S/C11H21ClNO3P/c1-6-7-13(17(5,12)15)10(8-9(2)3)11(14)16-4/h6,9-10H,1,7-8H2,2-5H3/t10-,17+/m1/s1. The smallest absolute Gasteiger partial charge is 0.323 e. The first kappa shape index (κ1) is 16.7. The third-order valence-electron chi connectivity index (χ3n) is 2.30. The van der Waals surface area contributed by atoms with Crippen molar-refractivity contribution in [1.82, 2.24) is 4.67 Å². The summed E-state index contributed by atoms with van der Waals surface area (Å²) in [6.45, 7) is 6.24. The molecule has 0 aliphatic heterocycles. The first-order chi connectivity index (χ1) is 7.73. The van der Waals surface area contributed by atoms with E-state index in [2.05, 4.69) is 6.58 Å². The fraction of sp³-hybridized carbons (Fsp3) is 0.727. The highest BCUT2D eigenvalue weighted by molar-refractivity contribution is 7.86. The third-order valence-corrected chi connectivity index (χ3v) is 4.25. The topological polar surface area (TPSA) is 46.6 Å². The normalized spacial score (nSPS) is 16.6. The maximum Gasteiger partial charge on any atom is 0.323 e. The molecule has 0 saturated carbocycles. The number of hydrogen-bond donors (Lipinski definition) is 0. The largest absolute Gasteiger partial charge is 0.468 e. The average Bonchev–Trinajstić information content (AvgIpc) is 2.20. The summed E-state index contributed by atoms with van der Waals surface area (Å²) >= 11 is 5.88. The van der Waals surface area contributed by atoms with E-state index in [0.717, 1.165) is 0 Å². The van der Waals surface area contributed by atoms with E-state index in [-0.39, 0.29) is 5.92 Å². The van der Waals surface area contributed by atoms with Gasteiger partial charge >= 0.3 is 5.97 Å². The molecule has 0 aliphatic rings. The number of hydrogen-bond acceptors (Lipinski definition) is 3. The summed E-state index contributed by atoms with van der Waals surface area (Å²) in [7, 11) is 1.32. The Morgan fingerprint density at radius 2 is 2.12 bits per heavy atom. The van der Waals surface area contributed by atoms with Gasteiger partial charge in [-0.2, -0.15) is 0 Å². The molecule has 0 bridgehead atoms. The minimum atomic E-state index is -3.04. The summed E-state index contributed by atoms with van der Waals surface area (Å²) in [5, 5.41) is 0. The van der Waals surface area contributed by atoms with E-state index in [1.54, 1.807) is 6.08 Å². The molecule has 100 valence electrons. The molecule has 0 aromatic carbocycles. The van der Waals surface area contributed by atoms with Gasteiger partial charge in [-0.15, -0.1) is 6.58 Å². The second-order valence-electron chi connectivity index (χ2n) is 4.36. The number of nitrogens with zero attached hydrogens (tertiary/aromatic N) is 1. The Kier molecular flexibility index (Phi) is 7.07. The van der Waals surface area contributed by atoms with Crippen molar-refractivity contribution < 1.29 is 14.1 Å². The molecule has 0 aromatic rings. The summed E-state index contributed by atoms with van der Waals surface area (Å²) < 4.78 is 18.2. The van der Waals surface area contributed by atoms with Crippen molar-refractivity contribution in [3.8, 4) is 0 Å². The summed E-state index contributed by atoms with van der Waals surface area (Å²) in [5.74, 6) is -0.141. The summed E-state index contributed by atoms with van der Waals surface area (Å²) in [6, 6.07) is -0.591. The van der Waals surface area contributed by atoms with Gasteiger partial charge in [0.25, 0.3) is 0 Å². The minimum absolute atomic E-state index is 0.273. The van der Waals surface area contributed by atoms with E-state index in [0.29, 0.717) is 13.0 Å². The predicted octanol–water partition coefficient (Wildman–Crippen LogP) is 3.12. The second kappa shape index (κ2) is 7.20. The lowest BCUT2D eigenvalue weighted by Crippen LogP contribution is -2.39. The minimum Gasteiger partial charge on any atom is -0.468 e. The predicted molar refractivity (Wildman–Crippen MR) is 71.5 cm³/mol. The zero-order chi connectivity index (χ0) is 13.6. The summed E-state index contributed by atoms with van der Waals surface area (Å²) in [5.41, 5.74) is 0. The fourth-order valence-electron chi connectivity index (χ4n) is 1.58. The molecule has 0 aliphatic carbocycles. The Balaban J connectivity index is 5.13. The first-order valence-electron chi connectivity index (χ1n) is 5.47. The van der Waals surface area contributed by atoms with Crippen LogP contribution in [0.2, 0.25) is 0 Å². The van der Waals surface area contributed by atoms with Crippen LogP contribution < -0.4 is 0 Å². The molecule has 2 atom stereocenters. The lowest BCUT2D eigenvalue weighted by atomic mass is 10.0. The highest BCUT2D eigenvalue weighted by Crippen LogP contribution is 2.52. The molecule has 0 spiro atoms. The Morgan fingerprint density at radius 3 is 2.41 bits per heavy atom. The van der Waals surface area contributed by atoms with Crippen LogP contribution in [0.1, 0.15) is 20.3 Å². The molecule has 0 aromatic heterocycles. The number of ether oxygens (including phenoxy) is 1. The quantitative estimate of drug-likeness (QED) is 0.409. The lowest BCUT2D eigenvalue weighted by Gasteiger charge is -2.31. The number of esters is 1. The zero-order valence-corrected chi connectivity index (χ0v) is 12.5. The molecule has 0 rings (SSSR count). The van der Waals surface area contributed by atoms with Gasteiger partial charge in [0.1, 0.15) is 6.04 Å². The van der Waals surface area contributed by atoms with Crippen LogP contribution in [0.3, 0.4) is 0 Å². The molecule has 0 amide bonds. The van der Waals surface area contributed by atoms with Crippen LogP contribution >= 0.6 is 17.9 Å². The van der Waals surface area contributed by atoms with Crippen LogP contribution in [0, 0.1) is 5.92 Å². The van der Waals surface area contributed by atoms with Gasteiger partial charge in [-0.05, 0) is 23.6 Å². The van der Waals surface area contributed by atoms with E-state index in [1.807, 2.05) is 13.8 Å². The SMILES string of the molecule is C=CCN([C@H](CC(C)C)C(=O)OC)[P@@](C)(=O)Cl. The molecule has 0 saturated heterocycles. The number of carbonyl (C=O) groups excluding carboxylic acids is 1. The van der Waals surface area contributed by atoms with Crippen LogP contribution in [0.25, 0.3) is 0 Å². The van der Waals surface area contributed by atoms with E-state index in [4.69, 9.17) is 16.0 Å². The fourth-order valence-corrected chi connectivity index (χ4v) is 3.17. The maximum absolute atomic E-state index is 12.0. The molecule has 4 nitrogen and oxygen atoms in total. The second-order valence-corrected chi connectivity index (χ2v) is 8.31. The van der Waals surface area contributed by atoms with Crippen LogP contribution in [-0.2, 0) is 14.1 Å². The number of carbonyl (C=O) groups is 1. The summed E-state index contributed by atoms with van der Waals surface area (Å²) in [4.78, 5) is 11.7. The van der Waals surface area contributed by atoms with Crippen LogP contribution in [-0.4, -0.2) is 37.0 Å². The molecule has 0 heterocycles. The Bertz CT molecular complexity index is 314. The van der Waals surface area contributed by atoms with Crippen LogP contribution in [0.4, 0.5) is 0 Å². The van der Waals surface area contributed by atoms with E-state index in [9.17, 15) is 9.36 Å². The Morgan fingerprint density at radius 1 is 1.59 bits per heavy atom. The monoisotopic (exact) mass is 281 g/mol. The van der Waals surface area contributed by atoms with Gasteiger partial charge in [0.05, 0.1) is 7.11 Å². The molecule has 0 radical (unpaired) electrons. The highest BCUT2D eigenvalue weighted by atomic mass is 35.7. The number of halogens is 1. The Hall–Kier alpha value is -0.310. The van der Waals surface area contributed by atoms with Crippen molar-refractivity contribution in [1.29, 1.82) is 0 Å². The van der Waals surface area contributed by atoms with Gasteiger partial charge in [0.2, 0.25) is 6.65 Å². The highest BCUT2D eigenvalue weighted by Gasteiger charge is 2.35. The third kappa shape index (κ3) is 5.71. The van der Waals surface area contributed by atoms with Crippen LogP contribution in [0.15, 0.2) is 12.7 Å². The van der Waals surface area contributed by atoms with Crippen molar-refractivity contribution in [2.45, 2.75) is 26.3 Å². The molecular weight excluding hydrogens is 261 g/mol. The van der Waals surface area contributed by atoms with Gasteiger partial charge in [-0.3, -0.25) is 9.36 Å².